The van der Waals surface area contributed by atoms with Crippen molar-refractivity contribution in [1.82, 2.24) is 4.90 Å². The normalized spacial score (nSPS) is 19.4. The third-order valence-electron chi connectivity index (χ3n) is 3.83. The van der Waals surface area contributed by atoms with Crippen molar-refractivity contribution in [3.8, 4) is 6.07 Å². The summed E-state index contributed by atoms with van der Waals surface area (Å²) in [6, 6.07) is 7.31. The molecule has 20 heavy (non-hydrogen) atoms. The Kier molecular flexibility index (Phi) is 4.75. The first kappa shape index (κ1) is 14.5. The lowest BCUT2D eigenvalue weighted by Crippen LogP contribution is -2.35. The number of ketones is 1. The molecule has 0 bridgehead atoms. The molecule has 0 aromatic heterocycles. The maximum atomic E-state index is 11.6. The van der Waals surface area contributed by atoms with Gasteiger partial charge in [0.15, 0.2) is 5.78 Å². The van der Waals surface area contributed by atoms with Crippen molar-refractivity contribution in [3.63, 3.8) is 0 Å². The van der Waals surface area contributed by atoms with Gasteiger partial charge in [0, 0.05) is 24.3 Å². The van der Waals surface area contributed by atoms with Gasteiger partial charge in [-0.2, -0.15) is 5.26 Å². The van der Waals surface area contributed by atoms with E-state index < -0.39 is 0 Å². The number of nitrogens with zero attached hydrogens (tertiary/aromatic N) is 2. The van der Waals surface area contributed by atoms with Crippen molar-refractivity contribution in [1.29, 1.82) is 5.26 Å². The topological polar surface area (TPSA) is 56.1 Å². The van der Waals surface area contributed by atoms with Gasteiger partial charge in [0.2, 0.25) is 0 Å². The van der Waals surface area contributed by atoms with Crippen LogP contribution in [0.1, 0.15) is 35.7 Å². The van der Waals surface area contributed by atoms with Crippen LogP contribution in [0.4, 0.5) is 5.69 Å². The summed E-state index contributed by atoms with van der Waals surface area (Å²) in [7, 11) is 2.14. The van der Waals surface area contributed by atoms with E-state index in [4.69, 9.17) is 5.26 Å². The first-order chi connectivity index (χ1) is 9.60. The van der Waals surface area contributed by atoms with Crippen molar-refractivity contribution >= 4 is 11.5 Å². The third-order valence-corrected chi connectivity index (χ3v) is 3.83. The first-order valence-corrected chi connectivity index (χ1v) is 7.07. The number of nitriles is 1. The van der Waals surface area contributed by atoms with Gasteiger partial charge in [0.05, 0.1) is 11.6 Å². The lowest BCUT2D eigenvalue weighted by Gasteiger charge is -2.30. The Balaban J connectivity index is 2.07. The summed E-state index contributed by atoms with van der Waals surface area (Å²) in [5.41, 5.74) is 2.02. The monoisotopic (exact) mass is 271 g/mol. The van der Waals surface area contributed by atoms with Crippen LogP contribution in [-0.4, -0.2) is 37.4 Å². The molecule has 0 aliphatic carbocycles. The van der Waals surface area contributed by atoms with Crippen molar-refractivity contribution in [2.75, 3.05) is 32.0 Å². The minimum atomic E-state index is 0.0257. The van der Waals surface area contributed by atoms with E-state index in [0.717, 1.165) is 18.8 Å². The highest BCUT2D eigenvalue weighted by atomic mass is 16.1. The van der Waals surface area contributed by atoms with Crippen LogP contribution in [0.3, 0.4) is 0 Å². The van der Waals surface area contributed by atoms with E-state index in [2.05, 4.69) is 23.3 Å². The second-order valence-electron chi connectivity index (χ2n) is 5.58. The van der Waals surface area contributed by atoms with Gasteiger partial charge in [-0.05, 0) is 57.5 Å². The molecule has 106 valence electrons. The van der Waals surface area contributed by atoms with E-state index in [1.165, 1.54) is 19.4 Å². The van der Waals surface area contributed by atoms with E-state index in [9.17, 15) is 4.79 Å². The molecule has 1 N–H and O–H groups in total. The predicted molar refractivity (Wildman–Crippen MR) is 79.9 cm³/mol. The Morgan fingerprint density at radius 2 is 2.35 bits per heavy atom. The van der Waals surface area contributed by atoms with Gasteiger partial charge in [-0.3, -0.25) is 4.79 Å². The number of rotatable bonds is 4. The van der Waals surface area contributed by atoms with Gasteiger partial charge in [-0.1, -0.05) is 0 Å². The Bertz CT molecular complexity index is 533. The number of piperidine rings is 1. The standard InChI is InChI=1S/C16H21N3O/c1-12(20)15-6-5-13(9-17)8-16(15)18-10-14-4-3-7-19(2)11-14/h5-6,8,14,18H,3-4,7,10-11H2,1-2H3. The van der Waals surface area contributed by atoms with Crippen LogP contribution < -0.4 is 5.32 Å². The molecule has 1 aliphatic rings. The lowest BCUT2D eigenvalue weighted by atomic mass is 9.98. The van der Waals surface area contributed by atoms with Gasteiger partial charge in [0.25, 0.3) is 0 Å². The van der Waals surface area contributed by atoms with E-state index >= 15 is 0 Å². The minimum absolute atomic E-state index is 0.0257. The molecule has 1 atom stereocenters. The highest BCUT2D eigenvalue weighted by Gasteiger charge is 2.17. The average Bonchev–Trinajstić information content (AvgIpc) is 2.44. The minimum Gasteiger partial charge on any atom is -0.384 e. The first-order valence-electron chi connectivity index (χ1n) is 7.07. The molecule has 0 spiro atoms. The fraction of sp³-hybridized carbons (Fsp3) is 0.500. The fourth-order valence-electron chi connectivity index (χ4n) is 2.76. The van der Waals surface area contributed by atoms with Gasteiger partial charge >= 0.3 is 0 Å². The zero-order valence-corrected chi connectivity index (χ0v) is 12.1. The SMILES string of the molecule is CC(=O)c1ccc(C#N)cc1NCC1CCCN(C)C1. The number of nitrogens with one attached hydrogen (secondary N) is 1. The van der Waals surface area contributed by atoms with Crippen LogP contribution in [0.25, 0.3) is 0 Å². The summed E-state index contributed by atoms with van der Waals surface area (Å²) in [5.74, 6) is 0.622. The van der Waals surface area contributed by atoms with Crippen LogP contribution in [0, 0.1) is 17.2 Å². The Morgan fingerprint density at radius 1 is 1.55 bits per heavy atom. The van der Waals surface area contributed by atoms with Gasteiger partial charge < -0.3 is 10.2 Å². The van der Waals surface area contributed by atoms with E-state index in [0.29, 0.717) is 17.0 Å². The van der Waals surface area contributed by atoms with Crippen LogP contribution >= 0.6 is 0 Å². The maximum Gasteiger partial charge on any atom is 0.161 e. The quantitative estimate of drug-likeness (QED) is 0.855. The number of hydrogen-bond acceptors (Lipinski definition) is 4. The summed E-state index contributed by atoms with van der Waals surface area (Å²) >= 11 is 0. The van der Waals surface area contributed by atoms with Crippen molar-refractivity contribution < 1.29 is 4.79 Å². The summed E-state index contributed by atoms with van der Waals surface area (Å²) in [6.45, 7) is 4.65. The molecule has 0 amide bonds. The number of hydrogen-bond donors (Lipinski definition) is 1. The highest BCUT2D eigenvalue weighted by molar-refractivity contribution is 5.99. The molecule has 1 aromatic carbocycles. The largest absolute Gasteiger partial charge is 0.384 e. The summed E-state index contributed by atoms with van der Waals surface area (Å²) < 4.78 is 0. The van der Waals surface area contributed by atoms with E-state index in [-0.39, 0.29) is 5.78 Å². The maximum absolute atomic E-state index is 11.6. The summed E-state index contributed by atoms with van der Waals surface area (Å²) in [5, 5.41) is 12.3. The molecule has 0 radical (unpaired) electrons. The zero-order chi connectivity index (χ0) is 14.5. The average molecular weight is 271 g/mol. The lowest BCUT2D eigenvalue weighted by molar-refractivity contribution is 0.101. The number of likely N-dealkylation sites (tertiary alicyclic amines) is 1. The Morgan fingerprint density at radius 3 is 3.00 bits per heavy atom. The van der Waals surface area contributed by atoms with Gasteiger partial charge in [0.1, 0.15) is 0 Å². The molecule has 4 nitrogen and oxygen atoms in total. The molecule has 1 saturated heterocycles. The van der Waals surface area contributed by atoms with Crippen LogP contribution in [0.5, 0.6) is 0 Å². The number of benzene rings is 1. The van der Waals surface area contributed by atoms with Crippen LogP contribution in [-0.2, 0) is 0 Å². The molecule has 1 fully saturated rings. The van der Waals surface area contributed by atoms with Crippen LogP contribution in [0.2, 0.25) is 0 Å². The van der Waals surface area contributed by atoms with Crippen molar-refractivity contribution in [2.24, 2.45) is 5.92 Å². The molecule has 4 heteroatoms. The van der Waals surface area contributed by atoms with Gasteiger partial charge in [-0.25, -0.2) is 0 Å². The van der Waals surface area contributed by atoms with E-state index in [1.54, 1.807) is 25.1 Å². The van der Waals surface area contributed by atoms with Crippen molar-refractivity contribution in [3.05, 3.63) is 29.3 Å². The van der Waals surface area contributed by atoms with Gasteiger partial charge in [-0.15, -0.1) is 0 Å². The van der Waals surface area contributed by atoms with E-state index in [1.807, 2.05) is 0 Å². The Hall–Kier alpha value is -1.86. The second kappa shape index (κ2) is 6.53. The molecule has 1 aromatic rings. The molecular formula is C16H21N3O. The predicted octanol–water partition coefficient (Wildman–Crippen LogP) is 2.51. The number of carbonyl (C=O) groups excluding carboxylic acids is 1. The summed E-state index contributed by atoms with van der Waals surface area (Å²) in [4.78, 5) is 14.0. The third kappa shape index (κ3) is 3.58. The van der Waals surface area contributed by atoms with Crippen molar-refractivity contribution in [2.45, 2.75) is 19.8 Å². The molecule has 1 heterocycles. The smallest absolute Gasteiger partial charge is 0.161 e. The highest BCUT2D eigenvalue weighted by Crippen LogP contribution is 2.21. The molecule has 0 saturated carbocycles. The summed E-state index contributed by atoms with van der Waals surface area (Å²) in [6.07, 6.45) is 2.44. The molecular weight excluding hydrogens is 250 g/mol. The van der Waals surface area contributed by atoms with Crippen LogP contribution in [0.15, 0.2) is 18.2 Å². The molecule has 1 aliphatic heterocycles. The molecule has 1 unspecified atom stereocenters. The molecule has 2 rings (SSSR count). The zero-order valence-electron chi connectivity index (χ0n) is 12.1. The second-order valence-corrected chi connectivity index (χ2v) is 5.58. The number of carbonyl (C=O) groups is 1. The fourth-order valence-corrected chi connectivity index (χ4v) is 2.76. The Labute approximate surface area is 120 Å². The number of anilines is 1. The number of Topliss-reactive ketones (excluding diaryl/α,β-unsaturated/α-hetero) is 1.